The molecule has 64 valence electrons. The fourth-order valence-corrected chi connectivity index (χ4v) is 0.402. The third-order valence-electron chi connectivity index (χ3n) is 0.986. The minimum absolute atomic E-state index is 0. The molecule has 0 aliphatic rings. The zero-order chi connectivity index (χ0) is 8.15. The molecule has 0 radical (unpaired) electrons. The van der Waals surface area contributed by atoms with Crippen molar-refractivity contribution in [2.24, 2.45) is 5.73 Å². The molecule has 0 spiro atoms. The number of nitrogens with two attached hydrogens (primary N) is 1. The fourth-order valence-electron chi connectivity index (χ4n) is 0.402. The normalized spacial score (nSPS) is 9.62. The smallest absolute Gasteiger partial charge is 1.00 e. The molecule has 0 aromatic carbocycles. The number of hydrogen-bond acceptors (Lipinski definition) is 3. The topological polar surface area (TPSA) is 101 Å². The van der Waals surface area contributed by atoms with Crippen LogP contribution in [-0.4, -0.2) is 28.2 Å². The predicted molar refractivity (Wildman–Crippen MR) is 35.8 cm³/mol. The first-order valence-corrected chi connectivity index (χ1v) is 2.74. The van der Waals surface area contributed by atoms with Crippen LogP contribution in [0.1, 0.15) is 17.1 Å². The third kappa shape index (κ3) is 16.6. The third-order valence-corrected chi connectivity index (χ3v) is 0.986. The summed E-state index contributed by atoms with van der Waals surface area (Å²) in [5.74, 6) is -2.20. The van der Waals surface area contributed by atoms with Crippen LogP contribution in [0.3, 0.4) is 0 Å². The molecule has 13 heavy (non-hydrogen) atoms. The molecule has 0 aromatic rings. The van der Waals surface area contributed by atoms with Crippen LogP contribution in [0.25, 0.3) is 0 Å². The molecule has 0 unspecified atom stereocenters. The number of carboxylic acid groups (broad SMARTS) is 2. The molecule has 0 aromatic heterocycles. The maximum absolute atomic E-state index is 9.99. The second-order valence-electron chi connectivity index (χ2n) is 1.88. The minimum atomic E-state index is -1.17. The SMILES string of the molecule is N[C@@H](CCC(=O)O)C(=O)O.[H-].[H-].[H-].[Na+].[Na+].[Na+]. The van der Waals surface area contributed by atoms with Gasteiger partial charge < -0.3 is 20.2 Å². The molecule has 0 bridgehead atoms. The first kappa shape index (κ1) is 24.2. The molecule has 0 fully saturated rings. The molecular weight excluding hydrogens is 207 g/mol. The van der Waals surface area contributed by atoms with Crippen LogP contribution in [0.5, 0.6) is 0 Å². The monoisotopic (exact) mass is 219 g/mol. The van der Waals surface area contributed by atoms with Gasteiger partial charge in [-0.15, -0.1) is 0 Å². The van der Waals surface area contributed by atoms with Crippen molar-refractivity contribution in [3.63, 3.8) is 0 Å². The molecule has 1 atom stereocenters. The number of aliphatic carboxylic acids is 2. The zero-order valence-electron chi connectivity index (χ0n) is 11.3. The summed E-state index contributed by atoms with van der Waals surface area (Å²) in [4.78, 5) is 19.9. The van der Waals surface area contributed by atoms with Gasteiger partial charge in [0.1, 0.15) is 6.04 Å². The Morgan fingerprint density at radius 2 is 1.62 bits per heavy atom. The summed E-state index contributed by atoms with van der Waals surface area (Å²) in [5, 5.41) is 16.3. The molecular formula is C5H12NNa3O4. The molecule has 0 saturated carbocycles. The van der Waals surface area contributed by atoms with Gasteiger partial charge in [0.2, 0.25) is 0 Å². The van der Waals surface area contributed by atoms with E-state index in [1.807, 2.05) is 0 Å². The minimum Gasteiger partial charge on any atom is -1.00 e. The first-order valence-electron chi connectivity index (χ1n) is 2.74. The molecule has 8 heteroatoms. The van der Waals surface area contributed by atoms with Gasteiger partial charge in [0.15, 0.2) is 0 Å². The van der Waals surface area contributed by atoms with Gasteiger partial charge in [-0.25, -0.2) is 0 Å². The maximum atomic E-state index is 9.99. The van der Waals surface area contributed by atoms with E-state index in [0.717, 1.165) is 0 Å². The van der Waals surface area contributed by atoms with E-state index >= 15 is 0 Å². The van der Waals surface area contributed by atoms with Gasteiger partial charge in [-0.05, 0) is 6.42 Å². The average molecular weight is 219 g/mol. The van der Waals surface area contributed by atoms with Gasteiger partial charge in [-0.3, -0.25) is 9.59 Å². The summed E-state index contributed by atoms with van der Waals surface area (Å²) in [6, 6.07) is -1.06. The molecule has 4 N–H and O–H groups in total. The van der Waals surface area contributed by atoms with Gasteiger partial charge in [0, 0.05) is 6.42 Å². The predicted octanol–water partition coefficient (Wildman–Crippen LogP) is -9.39. The summed E-state index contributed by atoms with van der Waals surface area (Å²) in [6.07, 6.45) is -0.224. The van der Waals surface area contributed by atoms with Gasteiger partial charge in [-0.2, -0.15) is 0 Å². The largest absolute Gasteiger partial charge is 1.00 e. The second kappa shape index (κ2) is 13.9. The maximum Gasteiger partial charge on any atom is 1.00 e. The second-order valence-corrected chi connectivity index (χ2v) is 1.88. The van der Waals surface area contributed by atoms with E-state index in [1.54, 1.807) is 0 Å². The van der Waals surface area contributed by atoms with Crippen LogP contribution in [-0.2, 0) is 9.59 Å². The first-order chi connectivity index (χ1) is 4.54. The van der Waals surface area contributed by atoms with E-state index in [4.69, 9.17) is 15.9 Å². The summed E-state index contributed by atoms with van der Waals surface area (Å²) in [6.45, 7) is 0. The molecule has 5 nitrogen and oxygen atoms in total. The van der Waals surface area contributed by atoms with E-state index in [-0.39, 0.29) is 106 Å². The van der Waals surface area contributed by atoms with Gasteiger partial charge >= 0.3 is 101 Å². The Kier molecular flexibility index (Phi) is 25.9. The van der Waals surface area contributed by atoms with E-state index in [2.05, 4.69) is 0 Å². The Labute approximate surface area is 147 Å². The number of carboxylic acids is 2. The van der Waals surface area contributed by atoms with Crippen molar-refractivity contribution in [3.05, 3.63) is 0 Å². The average Bonchev–Trinajstić information content (AvgIpc) is 1.82. The van der Waals surface area contributed by atoms with Crippen LogP contribution >= 0.6 is 0 Å². The van der Waals surface area contributed by atoms with E-state index in [0.29, 0.717) is 0 Å². The van der Waals surface area contributed by atoms with E-state index < -0.39 is 18.0 Å². The molecule has 0 rings (SSSR count). The number of carbonyl (C=O) groups is 2. The Morgan fingerprint density at radius 1 is 1.23 bits per heavy atom. The van der Waals surface area contributed by atoms with Crippen molar-refractivity contribution in [1.82, 2.24) is 0 Å². The summed E-state index contributed by atoms with van der Waals surface area (Å²) in [7, 11) is 0. The summed E-state index contributed by atoms with van der Waals surface area (Å²) < 4.78 is 0. The summed E-state index contributed by atoms with van der Waals surface area (Å²) >= 11 is 0. The molecule has 0 heterocycles. The summed E-state index contributed by atoms with van der Waals surface area (Å²) in [5.41, 5.74) is 5.00. The van der Waals surface area contributed by atoms with E-state index in [9.17, 15) is 9.59 Å². The van der Waals surface area contributed by atoms with Crippen LogP contribution in [0, 0.1) is 0 Å². The Bertz CT molecular complexity index is 166. The van der Waals surface area contributed by atoms with Crippen LogP contribution in [0.2, 0.25) is 0 Å². The van der Waals surface area contributed by atoms with Gasteiger partial charge in [-0.1, -0.05) is 0 Å². The standard InChI is InChI=1S/C5H9NO4.3Na.3H/c6-3(5(9)10)1-2-4(7)8;;;;;;/h3H,1-2,6H2,(H,7,8)(H,9,10);;;;;;/q;3*+1;3*-1/t3-;;;;;;/m0....../s1. The Hall–Kier alpha value is 1.90. The molecule has 0 saturated heterocycles. The number of rotatable bonds is 4. The Morgan fingerprint density at radius 3 is 1.85 bits per heavy atom. The van der Waals surface area contributed by atoms with Crippen LogP contribution in [0.4, 0.5) is 0 Å². The van der Waals surface area contributed by atoms with Crippen LogP contribution < -0.4 is 94.4 Å². The van der Waals surface area contributed by atoms with E-state index in [1.165, 1.54) is 0 Å². The quantitative estimate of drug-likeness (QED) is 0.408. The molecule has 0 aliphatic heterocycles. The van der Waals surface area contributed by atoms with Crippen molar-refractivity contribution in [1.29, 1.82) is 0 Å². The number of hydrogen-bond donors (Lipinski definition) is 3. The van der Waals surface area contributed by atoms with Crippen molar-refractivity contribution < 1.29 is 113 Å². The molecule has 0 aliphatic carbocycles. The van der Waals surface area contributed by atoms with Crippen molar-refractivity contribution in [2.75, 3.05) is 0 Å². The fraction of sp³-hybridized carbons (Fsp3) is 0.600. The zero-order valence-corrected chi connectivity index (χ0v) is 14.3. The van der Waals surface area contributed by atoms with Crippen molar-refractivity contribution >= 4 is 11.9 Å². The van der Waals surface area contributed by atoms with Gasteiger partial charge in [0.25, 0.3) is 0 Å². The molecule has 0 amide bonds. The Balaban J connectivity index is -0.0000000270. The van der Waals surface area contributed by atoms with Gasteiger partial charge in [0.05, 0.1) is 0 Å². The van der Waals surface area contributed by atoms with Crippen molar-refractivity contribution in [3.8, 4) is 0 Å². The van der Waals surface area contributed by atoms with Crippen LogP contribution in [0.15, 0.2) is 0 Å². The van der Waals surface area contributed by atoms with Crippen molar-refractivity contribution in [2.45, 2.75) is 18.9 Å².